The lowest BCUT2D eigenvalue weighted by Gasteiger charge is -2.30. The summed E-state index contributed by atoms with van der Waals surface area (Å²) in [6, 6.07) is 23.1. The summed E-state index contributed by atoms with van der Waals surface area (Å²) >= 11 is 0. The molecule has 7 heteroatoms. The summed E-state index contributed by atoms with van der Waals surface area (Å²) in [6.07, 6.45) is 2.18. The zero-order valence-corrected chi connectivity index (χ0v) is 18.8. The topological polar surface area (TPSA) is 75.7 Å². The molecule has 1 amide bonds. The number of nitrogens with zero attached hydrogens (tertiary/aromatic N) is 1. The lowest BCUT2D eigenvalue weighted by Crippen LogP contribution is -2.30. The van der Waals surface area contributed by atoms with Crippen molar-refractivity contribution < 1.29 is 17.9 Å². The van der Waals surface area contributed by atoms with Crippen molar-refractivity contribution in [1.82, 2.24) is 0 Å². The summed E-state index contributed by atoms with van der Waals surface area (Å²) < 4.78 is 27.9. The van der Waals surface area contributed by atoms with Gasteiger partial charge in [-0.2, -0.15) is 0 Å². The number of fused-ring (bicyclic) bond motifs is 1. The van der Waals surface area contributed by atoms with Crippen LogP contribution in [0.3, 0.4) is 0 Å². The first-order chi connectivity index (χ1) is 15.4. The molecule has 3 aromatic rings. The summed E-state index contributed by atoms with van der Waals surface area (Å²) in [6.45, 7) is 1.89. The predicted octanol–water partition coefficient (Wildman–Crippen LogP) is 3.93. The van der Waals surface area contributed by atoms with Gasteiger partial charge in [-0.15, -0.1) is 0 Å². The van der Waals surface area contributed by atoms with E-state index >= 15 is 0 Å². The van der Waals surface area contributed by atoms with Gasteiger partial charge in [0.2, 0.25) is 0 Å². The molecule has 0 spiro atoms. The Morgan fingerprint density at radius 2 is 1.75 bits per heavy atom. The molecule has 0 fully saturated rings. The molecule has 166 valence electrons. The van der Waals surface area contributed by atoms with Gasteiger partial charge in [-0.3, -0.25) is 4.79 Å². The van der Waals surface area contributed by atoms with Crippen LogP contribution >= 0.6 is 0 Å². The van der Waals surface area contributed by atoms with Crippen molar-refractivity contribution in [3.63, 3.8) is 0 Å². The second kappa shape index (κ2) is 9.44. The van der Waals surface area contributed by atoms with Crippen molar-refractivity contribution in [2.45, 2.75) is 13.0 Å². The SMILES string of the molecule is CS(=O)(=O)CCOc1cccc(NC(=O)c2ccc(N3CCc4ccccc4C3)cc2)c1. The number of hydrogen-bond acceptors (Lipinski definition) is 5. The Balaban J connectivity index is 1.37. The van der Waals surface area contributed by atoms with Gasteiger partial charge in [0.05, 0.1) is 5.75 Å². The van der Waals surface area contributed by atoms with Gasteiger partial charge in [0, 0.05) is 42.3 Å². The number of amides is 1. The lowest BCUT2D eigenvalue weighted by atomic mass is 9.99. The zero-order chi connectivity index (χ0) is 22.6. The number of carbonyl (C=O) groups is 1. The van der Waals surface area contributed by atoms with Gasteiger partial charge in [0.25, 0.3) is 5.91 Å². The zero-order valence-electron chi connectivity index (χ0n) is 18.0. The molecule has 3 aromatic carbocycles. The van der Waals surface area contributed by atoms with E-state index in [4.69, 9.17) is 4.74 Å². The second-order valence-electron chi connectivity index (χ2n) is 7.95. The molecule has 0 aromatic heterocycles. The standard InChI is InChI=1S/C25H26N2O4S/c1-32(29,30)16-15-31-24-8-4-7-22(17-24)26-25(28)20-9-11-23(12-10-20)27-14-13-19-5-2-3-6-21(19)18-27/h2-12,17H,13-16,18H2,1H3,(H,26,28). The normalized spacial score (nSPS) is 13.3. The maximum atomic E-state index is 12.7. The number of benzene rings is 3. The molecule has 1 heterocycles. The molecule has 0 radical (unpaired) electrons. The van der Waals surface area contributed by atoms with E-state index < -0.39 is 9.84 Å². The minimum absolute atomic E-state index is 0.0570. The molecular formula is C25H26N2O4S. The van der Waals surface area contributed by atoms with Crippen LogP contribution in [0.1, 0.15) is 21.5 Å². The summed E-state index contributed by atoms with van der Waals surface area (Å²) in [7, 11) is -3.08. The van der Waals surface area contributed by atoms with Crippen LogP contribution < -0.4 is 15.0 Å². The molecule has 1 aliphatic rings. The fraction of sp³-hybridized carbons (Fsp3) is 0.240. The third-order valence-corrected chi connectivity index (χ3v) is 6.35. The Kier molecular flexibility index (Phi) is 6.46. The highest BCUT2D eigenvalue weighted by atomic mass is 32.2. The average molecular weight is 451 g/mol. The van der Waals surface area contributed by atoms with E-state index in [-0.39, 0.29) is 18.3 Å². The van der Waals surface area contributed by atoms with Crippen molar-refractivity contribution in [3.8, 4) is 5.75 Å². The van der Waals surface area contributed by atoms with Gasteiger partial charge >= 0.3 is 0 Å². The molecule has 0 unspecified atom stereocenters. The number of carbonyl (C=O) groups excluding carboxylic acids is 1. The third kappa shape index (κ3) is 5.68. The van der Waals surface area contributed by atoms with Crippen LogP contribution in [-0.2, 0) is 22.8 Å². The van der Waals surface area contributed by atoms with Gasteiger partial charge in [0.15, 0.2) is 9.84 Å². The first-order valence-electron chi connectivity index (χ1n) is 10.5. The highest BCUT2D eigenvalue weighted by Gasteiger charge is 2.16. The van der Waals surface area contributed by atoms with E-state index in [2.05, 4.69) is 34.5 Å². The van der Waals surface area contributed by atoms with Crippen LogP contribution in [0.4, 0.5) is 11.4 Å². The quantitative estimate of drug-likeness (QED) is 0.590. The molecule has 6 nitrogen and oxygen atoms in total. The van der Waals surface area contributed by atoms with Crippen LogP contribution in [0.5, 0.6) is 5.75 Å². The Hall–Kier alpha value is -3.32. The fourth-order valence-electron chi connectivity index (χ4n) is 3.72. The summed E-state index contributed by atoms with van der Waals surface area (Å²) in [5, 5.41) is 2.87. The van der Waals surface area contributed by atoms with E-state index in [1.165, 1.54) is 17.4 Å². The van der Waals surface area contributed by atoms with E-state index in [1.54, 1.807) is 24.3 Å². The highest BCUT2D eigenvalue weighted by molar-refractivity contribution is 7.90. The Morgan fingerprint density at radius 3 is 2.50 bits per heavy atom. The number of sulfone groups is 1. The minimum Gasteiger partial charge on any atom is -0.492 e. The lowest BCUT2D eigenvalue weighted by molar-refractivity contribution is 0.102. The van der Waals surface area contributed by atoms with E-state index in [1.807, 2.05) is 24.3 Å². The number of hydrogen-bond donors (Lipinski definition) is 1. The van der Waals surface area contributed by atoms with Crippen molar-refractivity contribution in [1.29, 1.82) is 0 Å². The van der Waals surface area contributed by atoms with Crippen molar-refractivity contribution >= 4 is 27.1 Å². The highest BCUT2D eigenvalue weighted by Crippen LogP contribution is 2.25. The van der Waals surface area contributed by atoms with Gasteiger partial charge in [-0.05, 0) is 53.9 Å². The van der Waals surface area contributed by atoms with Crippen molar-refractivity contribution in [3.05, 3.63) is 89.5 Å². The maximum Gasteiger partial charge on any atom is 0.255 e. The Bertz CT molecular complexity index is 1210. The molecule has 0 saturated heterocycles. The molecule has 0 bridgehead atoms. The molecule has 0 saturated carbocycles. The molecule has 0 atom stereocenters. The number of anilines is 2. The number of rotatable bonds is 7. The van der Waals surface area contributed by atoms with E-state index in [0.717, 1.165) is 25.2 Å². The van der Waals surface area contributed by atoms with Crippen molar-refractivity contribution in [2.24, 2.45) is 0 Å². The molecule has 32 heavy (non-hydrogen) atoms. The smallest absolute Gasteiger partial charge is 0.255 e. The first kappa shape index (κ1) is 21.9. The second-order valence-corrected chi connectivity index (χ2v) is 10.2. The largest absolute Gasteiger partial charge is 0.492 e. The summed E-state index contributed by atoms with van der Waals surface area (Å²) in [4.78, 5) is 15.0. The van der Waals surface area contributed by atoms with Crippen LogP contribution in [0.25, 0.3) is 0 Å². The van der Waals surface area contributed by atoms with Gasteiger partial charge in [-0.25, -0.2) is 8.42 Å². The molecule has 0 aliphatic carbocycles. The predicted molar refractivity (Wildman–Crippen MR) is 127 cm³/mol. The van der Waals surface area contributed by atoms with Crippen LogP contribution in [0, 0.1) is 0 Å². The van der Waals surface area contributed by atoms with E-state index in [9.17, 15) is 13.2 Å². The summed E-state index contributed by atoms with van der Waals surface area (Å²) in [5.74, 6) is 0.236. The fourth-order valence-corrected chi connectivity index (χ4v) is 4.10. The van der Waals surface area contributed by atoms with Crippen LogP contribution in [0.15, 0.2) is 72.8 Å². The van der Waals surface area contributed by atoms with Crippen LogP contribution in [-0.4, -0.2) is 39.5 Å². The van der Waals surface area contributed by atoms with Crippen molar-refractivity contribution in [2.75, 3.05) is 35.4 Å². The number of ether oxygens (including phenoxy) is 1. The van der Waals surface area contributed by atoms with Gasteiger partial charge < -0.3 is 15.0 Å². The third-order valence-electron chi connectivity index (χ3n) is 5.44. The summed E-state index contributed by atoms with van der Waals surface area (Å²) in [5.41, 5.74) is 5.00. The Labute approximate surface area is 188 Å². The minimum atomic E-state index is -3.08. The molecule has 4 rings (SSSR count). The Morgan fingerprint density at radius 1 is 1.00 bits per heavy atom. The van der Waals surface area contributed by atoms with Gasteiger partial charge in [-0.1, -0.05) is 30.3 Å². The first-order valence-corrected chi connectivity index (χ1v) is 12.6. The molecular weight excluding hydrogens is 424 g/mol. The van der Waals surface area contributed by atoms with Gasteiger partial charge in [0.1, 0.15) is 12.4 Å². The molecule has 1 aliphatic heterocycles. The maximum absolute atomic E-state index is 12.7. The van der Waals surface area contributed by atoms with Crippen LogP contribution in [0.2, 0.25) is 0 Å². The number of nitrogens with one attached hydrogen (secondary N) is 1. The average Bonchev–Trinajstić information content (AvgIpc) is 2.78. The molecule has 1 N–H and O–H groups in total. The monoisotopic (exact) mass is 450 g/mol. The van der Waals surface area contributed by atoms with E-state index in [0.29, 0.717) is 17.0 Å².